The molecule has 0 aromatic rings. The second kappa shape index (κ2) is 9.09. The molecule has 2 N–H and O–H groups in total. The monoisotopic (exact) mass is 306 g/mol. The molecule has 2 fully saturated rings. The highest BCUT2D eigenvalue weighted by Gasteiger charge is 2.20. The first-order valence-electron chi connectivity index (χ1n) is 7.32. The summed E-state index contributed by atoms with van der Waals surface area (Å²) in [7, 11) is 0. The fraction of sp³-hybridized carbons (Fsp3) is 0.929. The summed E-state index contributed by atoms with van der Waals surface area (Å²) in [4.78, 5) is 11.9. The van der Waals surface area contributed by atoms with Gasteiger partial charge in [0.05, 0.1) is 0 Å². The lowest BCUT2D eigenvalue weighted by Crippen LogP contribution is -2.42. The standard InChI is InChI=1S/C14H26N2OS.ClH/c1-11-2-4-12(5-3-11)9-16-14(17)8-13-10-18-7-6-15-13;/h11-13,15H,2-10H2,1H3,(H,16,17);1H. The van der Waals surface area contributed by atoms with Gasteiger partial charge in [-0.3, -0.25) is 4.79 Å². The van der Waals surface area contributed by atoms with Gasteiger partial charge in [0.1, 0.15) is 0 Å². The molecule has 5 heteroatoms. The Morgan fingerprint density at radius 3 is 2.68 bits per heavy atom. The van der Waals surface area contributed by atoms with Gasteiger partial charge in [-0.15, -0.1) is 12.4 Å². The van der Waals surface area contributed by atoms with E-state index in [2.05, 4.69) is 17.6 Å². The molecule has 19 heavy (non-hydrogen) atoms. The smallest absolute Gasteiger partial charge is 0.221 e. The van der Waals surface area contributed by atoms with E-state index in [-0.39, 0.29) is 18.3 Å². The molecule has 0 spiro atoms. The van der Waals surface area contributed by atoms with Crippen molar-refractivity contribution in [2.45, 2.75) is 45.1 Å². The fourth-order valence-electron chi connectivity index (χ4n) is 2.84. The maximum atomic E-state index is 11.9. The predicted molar refractivity (Wildman–Crippen MR) is 85.1 cm³/mol. The molecule has 2 aliphatic rings. The van der Waals surface area contributed by atoms with E-state index in [9.17, 15) is 4.79 Å². The zero-order valence-corrected chi connectivity index (χ0v) is 13.5. The van der Waals surface area contributed by atoms with Gasteiger partial charge in [-0.2, -0.15) is 11.8 Å². The molecule has 3 nitrogen and oxygen atoms in total. The van der Waals surface area contributed by atoms with Crippen molar-refractivity contribution >= 4 is 30.1 Å². The van der Waals surface area contributed by atoms with E-state index >= 15 is 0 Å². The van der Waals surface area contributed by atoms with Crippen LogP contribution in [0.5, 0.6) is 0 Å². The molecule has 0 aromatic heterocycles. The summed E-state index contributed by atoms with van der Waals surface area (Å²) in [6, 6.07) is 0.384. The molecule has 1 amide bonds. The van der Waals surface area contributed by atoms with E-state index in [4.69, 9.17) is 0 Å². The molecular weight excluding hydrogens is 280 g/mol. The van der Waals surface area contributed by atoms with Crippen LogP contribution in [0, 0.1) is 11.8 Å². The molecule has 112 valence electrons. The summed E-state index contributed by atoms with van der Waals surface area (Å²) in [5.41, 5.74) is 0. The highest BCUT2D eigenvalue weighted by Crippen LogP contribution is 2.27. The minimum Gasteiger partial charge on any atom is -0.356 e. The Hall–Kier alpha value is 0.0700. The topological polar surface area (TPSA) is 41.1 Å². The molecule has 1 saturated heterocycles. The maximum absolute atomic E-state index is 11.9. The van der Waals surface area contributed by atoms with Crippen LogP contribution in [0.1, 0.15) is 39.0 Å². The molecule has 0 aromatic carbocycles. The van der Waals surface area contributed by atoms with Gasteiger partial charge in [-0.05, 0) is 24.7 Å². The summed E-state index contributed by atoms with van der Waals surface area (Å²) >= 11 is 1.95. The molecule has 1 aliphatic heterocycles. The van der Waals surface area contributed by atoms with Gasteiger partial charge < -0.3 is 10.6 Å². The van der Waals surface area contributed by atoms with Gasteiger partial charge in [0.15, 0.2) is 0 Å². The molecule has 0 radical (unpaired) electrons. The molecule has 1 atom stereocenters. The van der Waals surface area contributed by atoms with Crippen LogP contribution in [-0.2, 0) is 4.79 Å². The van der Waals surface area contributed by atoms with Crippen LogP contribution in [0.3, 0.4) is 0 Å². The van der Waals surface area contributed by atoms with Gasteiger partial charge in [-0.25, -0.2) is 0 Å². The van der Waals surface area contributed by atoms with E-state index in [0.29, 0.717) is 12.5 Å². The Balaban J connectivity index is 0.00000180. The number of carbonyl (C=O) groups is 1. The largest absolute Gasteiger partial charge is 0.356 e. The fourth-order valence-corrected chi connectivity index (χ4v) is 3.79. The molecule has 1 heterocycles. The lowest BCUT2D eigenvalue weighted by atomic mass is 9.83. The lowest BCUT2D eigenvalue weighted by molar-refractivity contribution is -0.121. The summed E-state index contributed by atoms with van der Waals surface area (Å²) in [6.45, 7) is 4.27. The van der Waals surface area contributed by atoms with Crippen molar-refractivity contribution in [2.75, 3.05) is 24.6 Å². The number of carbonyl (C=O) groups excluding carboxylic acids is 1. The average molecular weight is 307 g/mol. The molecule has 1 unspecified atom stereocenters. The number of rotatable bonds is 4. The van der Waals surface area contributed by atoms with Crippen LogP contribution in [-0.4, -0.2) is 36.5 Å². The second-order valence-electron chi connectivity index (χ2n) is 5.86. The van der Waals surface area contributed by atoms with Crippen molar-refractivity contribution in [3.8, 4) is 0 Å². The molecular formula is C14H27ClN2OS. The number of nitrogens with one attached hydrogen (secondary N) is 2. The van der Waals surface area contributed by atoms with E-state index in [1.54, 1.807) is 0 Å². The Kier molecular flexibility index (Phi) is 8.19. The summed E-state index contributed by atoms with van der Waals surface area (Å²) in [6.07, 6.45) is 5.90. The summed E-state index contributed by atoms with van der Waals surface area (Å²) in [5, 5.41) is 6.54. The molecule has 1 aliphatic carbocycles. The molecule has 2 rings (SSSR count). The average Bonchev–Trinajstić information content (AvgIpc) is 2.39. The first-order chi connectivity index (χ1) is 8.74. The Bertz CT molecular complexity index is 264. The van der Waals surface area contributed by atoms with Gasteiger partial charge in [-0.1, -0.05) is 19.8 Å². The SMILES string of the molecule is CC1CCC(CNC(=O)CC2CSCCN2)CC1.Cl. The van der Waals surface area contributed by atoms with E-state index in [1.165, 1.54) is 31.4 Å². The van der Waals surface area contributed by atoms with Gasteiger partial charge >= 0.3 is 0 Å². The third-order valence-electron chi connectivity index (χ3n) is 4.15. The first-order valence-corrected chi connectivity index (χ1v) is 8.47. The van der Waals surface area contributed by atoms with Gasteiger partial charge in [0.25, 0.3) is 0 Å². The summed E-state index contributed by atoms with van der Waals surface area (Å²) < 4.78 is 0. The van der Waals surface area contributed by atoms with Crippen molar-refractivity contribution in [2.24, 2.45) is 11.8 Å². The third kappa shape index (κ3) is 6.37. The zero-order valence-electron chi connectivity index (χ0n) is 11.8. The minimum atomic E-state index is 0. The van der Waals surface area contributed by atoms with Crippen molar-refractivity contribution in [3.63, 3.8) is 0 Å². The maximum Gasteiger partial charge on any atom is 0.221 e. The molecule has 1 saturated carbocycles. The number of thioether (sulfide) groups is 1. The minimum absolute atomic E-state index is 0. The van der Waals surface area contributed by atoms with Gasteiger partial charge in [0, 0.05) is 37.1 Å². The number of halogens is 1. The van der Waals surface area contributed by atoms with Crippen LogP contribution < -0.4 is 10.6 Å². The van der Waals surface area contributed by atoms with Gasteiger partial charge in [0.2, 0.25) is 5.91 Å². The van der Waals surface area contributed by atoms with Crippen LogP contribution >= 0.6 is 24.2 Å². The normalized spacial score (nSPS) is 31.3. The van der Waals surface area contributed by atoms with Crippen LogP contribution in [0.4, 0.5) is 0 Å². The van der Waals surface area contributed by atoms with Crippen molar-refractivity contribution in [1.29, 1.82) is 0 Å². The number of hydrogen-bond donors (Lipinski definition) is 2. The molecule has 0 bridgehead atoms. The van der Waals surface area contributed by atoms with Crippen LogP contribution in [0.2, 0.25) is 0 Å². The Morgan fingerprint density at radius 1 is 1.32 bits per heavy atom. The summed E-state index contributed by atoms with van der Waals surface area (Å²) in [5.74, 6) is 4.10. The Labute approximate surface area is 127 Å². The van der Waals surface area contributed by atoms with E-state index < -0.39 is 0 Å². The van der Waals surface area contributed by atoms with Crippen LogP contribution in [0.25, 0.3) is 0 Å². The third-order valence-corrected chi connectivity index (χ3v) is 5.28. The highest BCUT2D eigenvalue weighted by atomic mass is 35.5. The zero-order chi connectivity index (χ0) is 12.8. The van der Waals surface area contributed by atoms with Crippen molar-refractivity contribution < 1.29 is 4.79 Å². The van der Waals surface area contributed by atoms with Crippen molar-refractivity contribution in [1.82, 2.24) is 10.6 Å². The highest BCUT2D eigenvalue weighted by molar-refractivity contribution is 7.99. The lowest BCUT2D eigenvalue weighted by Gasteiger charge is -2.27. The first kappa shape index (κ1) is 17.1. The number of amides is 1. The Morgan fingerprint density at radius 2 is 2.05 bits per heavy atom. The quantitative estimate of drug-likeness (QED) is 0.838. The van der Waals surface area contributed by atoms with E-state index in [0.717, 1.165) is 30.7 Å². The number of hydrogen-bond acceptors (Lipinski definition) is 3. The predicted octanol–water partition coefficient (Wildman–Crippen LogP) is 2.45. The van der Waals surface area contributed by atoms with E-state index in [1.807, 2.05) is 11.8 Å². The second-order valence-corrected chi connectivity index (χ2v) is 7.01. The van der Waals surface area contributed by atoms with Crippen LogP contribution in [0.15, 0.2) is 0 Å². The van der Waals surface area contributed by atoms with Crippen molar-refractivity contribution in [3.05, 3.63) is 0 Å².